The molecule has 30 heavy (non-hydrogen) atoms. The second-order valence-corrected chi connectivity index (χ2v) is 12.5. The molecule has 1 aliphatic heterocycles. The van der Waals surface area contributed by atoms with Gasteiger partial charge in [-0.05, 0) is 25.7 Å². The Morgan fingerprint density at radius 2 is 1.30 bits per heavy atom. The summed E-state index contributed by atoms with van der Waals surface area (Å²) in [5.41, 5.74) is 0. The van der Waals surface area contributed by atoms with E-state index in [4.69, 9.17) is 4.74 Å². The van der Waals surface area contributed by atoms with E-state index in [1.54, 1.807) is 0 Å². The van der Waals surface area contributed by atoms with Crippen molar-refractivity contribution in [3.05, 3.63) is 0 Å². The van der Waals surface area contributed by atoms with Gasteiger partial charge in [0.15, 0.2) is 9.84 Å². The maximum Gasteiger partial charge on any atom is 0.313 e. The van der Waals surface area contributed by atoms with E-state index in [2.05, 4.69) is 28.1 Å². The Labute approximate surface area is 186 Å². The molecule has 5 nitrogen and oxygen atoms in total. The Balaban J connectivity index is 2.06. The van der Waals surface area contributed by atoms with Crippen LogP contribution in [0.1, 0.15) is 96.8 Å². The average Bonchev–Trinajstić information content (AvgIpc) is 2.64. The summed E-state index contributed by atoms with van der Waals surface area (Å²) in [5, 5.41) is 0. The monoisotopic (exact) mass is 446 g/mol. The Morgan fingerprint density at radius 1 is 0.767 bits per heavy atom. The van der Waals surface area contributed by atoms with Gasteiger partial charge in [0.25, 0.3) is 0 Å². The quantitative estimate of drug-likeness (QED) is 0.157. The summed E-state index contributed by atoms with van der Waals surface area (Å²) in [6, 6.07) is 0. The number of hydrogen-bond acceptors (Lipinski definition) is 4. The van der Waals surface area contributed by atoms with Gasteiger partial charge in [-0.15, -0.1) is 0 Å². The highest BCUT2D eigenvalue weighted by Crippen LogP contribution is 2.31. The summed E-state index contributed by atoms with van der Waals surface area (Å²) in [6.07, 6.45) is 15.5. The second kappa shape index (κ2) is 14.4. The third-order valence-electron chi connectivity index (χ3n) is 6.12. The van der Waals surface area contributed by atoms with Crippen molar-refractivity contribution in [1.29, 1.82) is 0 Å². The van der Waals surface area contributed by atoms with Crippen LogP contribution >= 0.6 is 0 Å². The summed E-state index contributed by atoms with van der Waals surface area (Å²) >= 11 is 0. The lowest BCUT2D eigenvalue weighted by molar-refractivity contribution is -0.870. The first-order chi connectivity index (χ1) is 14.1. The highest BCUT2D eigenvalue weighted by Gasteiger charge is 2.40. The number of ether oxygens (including phenoxy) is 1. The molecule has 0 bridgehead atoms. The van der Waals surface area contributed by atoms with E-state index >= 15 is 0 Å². The van der Waals surface area contributed by atoms with Gasteiger partial charge in [0.1, 0.15) is 6.10 Å². The molecule has 1 heterocycles. The SMILES string of the molecule is CCCCCCCCCC[C@@H]1C(=O)O[C@H]1CCCCCS(=O)(=O)CCC[N+](C)(C)C. The predicted octanol–water partition coefficient (Wildman–Crippen LogP) is 5.13. The lowest BCUT2D eigenvalue weighted by Crippen LogP contribution is -2.44. The zero-order valence-electron chi connectivity index (χ0n) is 20.2. The van der Waals surface area contributed by atoms with Gasteiger partial charge in [-0.3, -0.25) is 4.79 Å². The largest absolute Gasteiger partial charge is 0.461 e. The molecule has 0 saturated carbocycles. The van der Waals surface area contributed by atoms with Crippen LogP contribution in [0.25, 0.3) is 0 Å². The smallest absolute Gasteiger partial charge is 0.313 e. The van der Waals surface area contributed by atoms with Crippen molar-refractivity contribution in [3.8, 4) is 0 Å². The summed E-state index contributed by atoms with van der Waals surface area (Å²) in [6.45, 7) is 3.12. The number of nitrogens with zero attached hydrogens (tertiary/aromatic N) is 1. The van der Waals surface area contributed by atoms with Gasteiger partial charge in [-0.2, -0.15) is 0 Å². The van der Waals surface area contributed by atoms with Crippen molar-refractivity contribution in [3.63, 3.8) is 0 Å². The van der Waals surface area contributed by atoms with Gasteiger partial charge < -0.3 is 9.22 Å². The molecule has 0 radical (unpaired) electrons. The summed E-state index contributed by atoms with van der Waals surface area (Å²) in [5.74, 6) is 0.645. The Bertz CT molecular complexity index is 568. The molecule has 0 spiro atoms. The van der Waals surface area contributed by atoms with Crippen LogP contribution in [0.3, 0.4) is 0 Å². The zero-order chi connectivity index (χ0) is 22.5. The predicted molar refractivity (Wildman–Crippen MR) is 125 cm³/mol. The molecule has 1 rings (SSSR count). The molecule has 1 aliphatic rings. The van der Waals surface area contributed by atoms with Gasteiger partial charge in [-0.25, -0.2) is 8.42 Å². The molecule has 0 aromatic carbocycles. The van der Waals surface area contributed by atoms with E-state index in [0.717, 1.165) is 56.0 Å². The molecule has 178 valence electrons. The molecule has 6 heteroatoms. The molecule has 1 saturated heterocycles. The van der Waals surface area contributed by atoms with Crippen LogP contribution in [-0.4, -0.2) is 64.2 Å². The number of carbonyl (C=O) groups is 1. The number of quaternary nitrogens is 1. The first kappa shape index (κ1) is 27.4. The van der Waals surface area contributed by atoms with E-state index in [-0.39, 0.29) is 23.7 Å². The minimum atomic E-state index is -2.94. The van der Waals surface area contributed by atoms with E-state index in [1.807, 2.05) is 0 Å². The third-order valence-corrected chi connectivity index (χ3v) is 7.94. The van der Waals surface area contributed by atoms with Crippen molar-refractivity contribution < 1.29 is 22.4 Å². The van der Waals surface area contributed by atoms with Crippen LogP contribution in [0.15, 0.2) is 0 Å². The number of cyclic esters (lactones) is 1. The minimum Gasteiger partial charge on any atom is -0.461 e. The number of rotatable bonds is 19. The van der Waals surface area contributed by atoms with Crippen LogP contribution in [0, 0.1) is 5.92 Å². The molecule has 0 amide bonds. The van der Waals surface area contributed by atoms with E-state index in [0.29, 0.717) is 5.75 Å². The summed E-state index contributed by atoms with van der Waals surface area (Å²) in [4.78, 5) is 11.8. The van der Waals surface area contributed by atoms with Crippen molar-refractivity contribution >= 4 is 15.8 Å². The van der Waals surface area contributed by atoms with Crippen LogP contribution in [0.4, 0.5) is 0 Å². The van der Waals surface area contributed by atoms with Crippen LogP contribution < -0.4 is 0 Å². The number of esters is 1. The van der Waals surface area contributed by atoms with Gasteiger partial charge in [-0.1, -0.05) is 64.7 Å². The standard InChI is InChI=1S/C24H48NO4S/c1-5-6-7-8-9-10-11-13-17-22-23(29-24(22)26)18-14-12-15-20-30(27,28)21-16-19-25(2,3)4/h22-23H,5-21H2,1-4H3/q+1/t22-,23-/m0/s1. The molecule has 0 aromatic rings. The minimum absolute atomic E-state index is 0.0252. The molecule has 1 fully saturated rings. The third kappa shape index (κ3) is 12.9. The van der Waals surface area contributed by atoms with Crippen molar-refractivity contribution in [2.45, 2.75) is 103 Å². The lowest BCUT2D eigenvalue weighted by atomic mass is 9.87. The molecule has 0 N–H and O–H groups in total. The highest BCUT2D eigenvalue weighted by atomic mass is 32.2. The van der Waals surface area contributed by atoms with Gasteiger partial charge in [0.2, 0.25) is 0 Å². The van der Waals surface area contributed by atoms with Gasteiger partial charge in [0.05, 0.1) is 45.1 Å². The van der Waals surface area contributed by atoms with Gasteiger partial charge >= 0.3 is 5.97 Å². The van der Waals surface area contributed by atoms with E-state index in [1.165, 1.54) is 44.9 Å². The average molecular weight is 447 g/mol. The molecular weight excluding hydrogens is 398 g/mol. The number of carbonyl (C=O) groups excluding carboxylic acids is 1. The number of unbranched alkanes of at least 4 members (excludes halogenated alkanes) is 9. The number of sulfone groups is 1. The molecule has 0 aromatic heterocycles. The van der Waals surface area contributed by atoms with Gasteiger partial charge in [0, 0.05) is 6.42 Å². The van der Waals surface area contributed by atoms with Crippen LogP contribution in [0.5, 0.6) is 0 Å². The van der Waals surface area contributed by atoms with Crippen molar-refractivity contribution in [2.24, 2.45) is 5.92 Å². The fourth-order valence-electron chi connectivity index (χ4n) is 4.17. The maximum absolute atomic E-state index is 12.1. The van der Waals surface area contributed by atoms with E-state index in [9.17, 15) is 13.2 Å². The first-order valence-corrected chi connectivity index (χ1v) is 14.2. The van der Waals surface area contributed by atoms with Crippen LogP contribution in [0.2, 0.25) is 0 Å². The highest BCUT2D eigenvalue weighted by molar-refractivity contribution is 7.91. The Kier molecular flexibility index (Phi) is 13.2. The second-order valence-electron chi connectivity index (χ2n) is 10.2. The summed E-state index contributed by atoms with van der Waals surface area (Å²) in [7, 11) is 3.32. The number of hydrogen-bond donors (Lipinski definition) is 0. The normalized spacial score (nSPS) is 19.5. The Hall–Kier alpha value is -0.620. The fraction of sp³-hybridized carbons (Fsp3) is 0.958. The lowest BCUT2D eigenvalue weighted by Gasteiger charge is -2.35. The summed E-state index contributed by atoms with van der Waals surface area (Å²) < 4.78 is 30.4. The zero-order valence-corrected chi connectivity index (χ0v) is 21.0. The first-order valence-electron chi connectivity index (χ1n) is 12.4. The Morgan fingerprint density at radius 3 is 1.90 bits per heavy atom. The van der Waals surface area contributed by atoms with E-state index < -0.39 is 9.84 Å². The van der Waals surface area contributed by atoms with Crippen molar-refractivity contribution in [2.75, 3.05) is 39.2 Å². The molecule has 2 atom stereocenters. The fourth-order valence-corrected chi connectivity index (χ4v) is 5.58. The molecule has 0 aliphatic carbocycles. The molecule has 0 unspecified atom stereocenters. The maximum atomic E-state index is 12.1. The van der Waals surface area contributed by atoms with Crippen LogP contribution in [-0.2, 0) is 19.4 Å². The topological polar surface area (TPSA) is 60.4 Å². The van der Waals surface area contributed by atoms with Crippen molar-refractivity contribution in [1.82, 2.24) is 0 Å². The molecular formula is C24H48NO4S+.